The normalized spacial score (nSPS) is 18.5. The Morgan fingerprint density at radius 3 is 2.87 bits per heavy atom. The Hall–Kier alpha value is -1.80. The largest absolute Gasteiger partial charge is 0.573 e. The van der Waals surface area contributed by atoms with Gasteiger partial charge in [-0.15, -0.1) is 13.2 Å². The van der Waals surface area contributed by atoms with Gasteiger partial charge in [0.1, 0.15) is 5.75 Å². The zero-order valence-corrected chi connectivity index (χ0v) is 12.5. The number of benzene rings is 1. The van der Waals surface area contributed by atoms with Crippen LogP contribution in [0.2, 0.25) is 0 Å². The maximum absolute atomic E-state index is 12.3. The molecule has 1 aliphatic heterocycles. The number of carbonyl (C=O) groups excluding carboxylic acids is 1. The van der Waals surface area contributed by atoms with Crippen molar-refractivity contribution in [2.75, 3.05) is 26.2 Å². The molecule has 0 radical (unpaired) electrons. The van der Waals surface area contributed by atoms with Crippen LogP contribution in [-0.2, 0) is 16.0 Å². The second-order valence-electron chi connectivity index (χ2n) is 5.16. The Balaban J connectivity index is 1.78. The molecule has 0 unspecified atom stereocenters. The number of para-hydroxylation sites is 1. The number of rotatable bonds is 6. The average Bonchev–Trinajstić information content (AvgIpc) is 2.48. The lowest BCUT2D eigenvalue weighted by atomic mass is 10.1. The fourth-order valence-electron chi connectivity index (χ4n) is 2.30. The van der Waals surface area contributed by atoms with Gasteiger partial charge in [-0.2, -0.15) is 0 Å². The number of amides is 1. The van der Waals surface area contributed by atoms with Gasteiger partial charge >= 0.3 is 6.36 Å². The molecule has 0 aromatic heterocycles. The van der Waals surface area contributed by atoms with Crippen LogP contribution in [0.25, 0.3) is 0 Å². The highest BCUT2D eigenvalue weighted by Gasteiger charge is 2.31. The molecule has 0 spiro atoms. The summed E-state index contributed by atoms with van der Waals surface area (Å²) in [6.07, 6.45) is -4.41. The topological polar surface area (TPSA) is 59.6 Å². The zero-order valence-electron chi connectivity index (χ0n) is 12.5. The van der Waals surface area contributed by atoms with E-state index in [1.54, 1.807) is 12.1 Å². The first-order valence-electron chi connectivity index (χ1n) is 7.37. The fourth-order valence-corrected chi connectivity index (χ4v) is 2.30. The second kappa shape index (κ2) is 8.16. The molecular formula is C15H19F3N2O3. The maximum atomic E-state index is 12.3. The molecule has 2 N–H and O–H groups in total. The first-order valence-corrected chi connectivity index (χ1v) is 7.37. The van der Waals surface area contributed by atoms with Crippen molar-refractivity contribution in [3.63, 3.8) is 0 Å². The minimum atomic E-state index is -4.73. The summed E-state index contributed by atoms with van der Waals surface area (Å²) in [4.78, 5) is 11.8. The lowest BCUT2D eigenvalue weighted by Crippen LogP contribution is -2.41. The number of carbonyl (C=O) groups is 1. The van der Waals surface area contributed by atoms with E-state index < -0.39 is 6.36 Å². The summed E-state index contributed by atoms with van der Waals surface area (Å²) in [7, 11) is 0. The van der Waals surface area contributed by atoms with Crippen molar-refractivity contribution in [1.29, 1.82) is 0 Å². The molecule has 0 saturated carbocycles. The summed E-state index contributed by atoms with van der Waals surface area (Å²) in [6.45, 7) is 2.20. The maximum Gasteiger partial charge on any atom is 0.573 e. The van der Waals surface area contributed by atoms with Crippen molar-refractivity contribution in [3.05, 3.63) is 29.8 Å². The number of halogens is 3. The zero-order chi connectivity index (χ0) is 16.7. The molecule has 8 heteroatoms. The second-order valence-corrected chi connectivity index (χ2v) is 5.16. The molecule has 0 bridgehead atoms. The highest BCUT2D eigenvalue weighted by atomic mass is 19.4. The van der Waals surface area contributed by atoms with Gasteiger partial charge in [-0.3, -0.25) is 4.79 Å². The van der Waals surface area contributed by atoms with Crippen molar-refractivity contribution in [2.45, 2.75) is 25.3 Å². The standard InChI is InChI=1S/C15H19F3N2O3/c16-15(17,18)23-13-4-2-1-3-11(13)5-6-20-14(21)9-12-10-19-7-8-22-12/h1-4,12,19H,5-10H2,(H,20,21)/t12-/m0/s1. The van der Waals surface area contributed by atoms with E-state index in [9.17, 15) is 18.0 Å². The Kier molecular flexibility index (Phi) is 6.23. The Labute approximate surface area is 132 Å². The fraction of sp³-hybridized carbons (Fsp3) is 0.533. The van der Waals surface area contributed by atoms with Gasteiger partial charge in [0.05, 0.1) is 19.1 Å². The highest BCUT2D eigenvalue weighted by Crippen LogP contribution is 2.26. The van der Waals surface area contributed by atoms with Crippen LogP contribution >= 0.6 is 0 Å². The van der Waals surface area contributed by atoms with E-state index in [2.05, 4.69) is 15.4 Å². The van der Waals surface area contributed by atoms with E-state index in [1.807, 2.05) is 0 Å². The third-order valence-corrected chi connectivity index (χ3v) is 3.33. The van der Waals surface area contributed by atoms with Crippen molar-refractivity contribution >= 4 is 5.91 Å². The van der Waals surface area contributed by atoms with Crippen LogP contribution in [-0.4, -0.2) is 44.6 Å². The third kappa shape index (κ3) is 6.45. The van der Waals surface area contributed by atoms with Crippen LogP contribution in [0, 0.1) is 0 Å². The summed E-state index contributed by atoms with van der Waals surface area (Å²) in [5.74, 6) is -0.429. The Bertz CT molecular complexity index is 517. The summed E-state index contributed by atoms with van der Waals surface area (Å²) >= 11 is 0. The van der Waals surface area contributed by atoms with Crippen LogP contribution < -0.4 is 15.4 Å². The van der Waals surface area contributed by atoms with Crippen molar-refractivity contribution < 1.29 is 27.4 Å². The van der Waals surface area contributed by atoms with Gasteiger partial charge in [-0.25, -0.2) is 0 Å². The number of ether oxygens (including phenoxy) is 2. The summed E-state index contributed by atoms with van der Waals surface area (Å²) in [5, 5.41) is 5.81. The molecule has 1 amide bonds. The van der Waals surface area contributed by atoms with E-state index in [0.29, 0.717) is 18.7 Å². The van der Waals surface area contributed by atoms with Crippen LogP contribution in [0.15, 0.2) is 24.3 Å². The van der Waals surface area contributed by atoms with Crippen molar-refractivity contribution in [2.24, 2.45) is 0 Å². The van der Waals surface area contributed by atoms with E-state index in [-0.39, 0.29) is 37.1 Å². The molecule has 1 atom stereocenters. The average molecular weight is 332 g/mol. The number of morpholine rings is 1. The predicted octanol–water partition coefficient (Wildman–Crippen LogP) is 1.62. The van der Waals surface area contributed by atoms with Gasteiger partial charge in [0, 0.05) is 19.6 Å². The minimum absolute atomic E-state index is 0.162. The van der Waals surface area contributed by atoms with Crippen molar-refractivity contribution in [3.8, 4) is 5.75 Å². The minimum Gasteiger partial charge on any atom is -0.406 e. The molecule has 1 aromatic rings. The van der Waals surface area contributed by atoms with Crippen molar-refractivity contribution in [1.82, 2.24) is 10.6 Å². The summed E-state index contributed by atoms with van der Waals surface area (Å²) in [6, 6.07) is 5.89. The number of hydrogen-bond donors (Lipinski definition) is 2. The summed E-state index contributed by atoms with van der Waals surface area (Å²) in [5.41, 5.74) is 0.390. The van der Waals surface area contributed by atoms with Gasteiger partial charge in [-0.05, 0) is 18.1 Å². The van der Waals surface area contributed by atoms with Gasteiger partial charge in [0.25, 0.3) is 0 Å². The molecule has 5 nitrogen and oxygen atoms in total. The molecule has 128 valence electrons. The molecule has 1 aliphatic rings. The smallest absolute Gasteiger partial charge is 0.406 e. The van der Waals surface area contributed by atoms with Crippen LogP contribution in [0.3, 0.4) is 0 Å². The van der Waals surface area contributed by atoms with Gasteiger partial charge < -0.3 is 20.1 Å². The van der Waals surface area contributed by atoms with Gasteiger partial charge in [-0.1, -0.05) is 18.2 Å². The molecule has 23 heavy (non-hydrogen) atoms. The predicted molar refractivity (Wildman–Crippen MR) is 77.1 cm³/mol. The van der Waals surface area contributed by atoms with E-state index >= 15 is 0 Å². The van der Waals surface area contributed by atoms with Crippen LogP contribution in [0.4, 0.5) is 13.2 Å². The van der Waals surface area contributed by atoms with Crippen LogP contribution in [0.5, 0.6) is 5.75 Å². The molecule has 2 rings (SSSR count). The molecule has 1 fully saturated rings. The van der Waals surface area contributed by atoms with E-state index in [4.69, 9.17) is 4.74 Å². The monoisotopic (exact) mass is 332 g/mol. The molecule has 0 aliphatic carbocycles. The van der Waals surface area contributed by atoms with E-state index in [1.165, 1.54) is 12.1 Å². The van der Waals surface area contributed by atoms with Crippen LogP contribution in [0.1, 0.15) is 12.0 Å². The third-order valence-electron chi connectivity index (χ3n) is 3.33. The molecular weight excluding hydrogens is 313 g/mol. The molecule has 1 saturated heterocycles. The highest BCUT2D eigenvalue weighted by molar-refractivity contribution is 5.76. The number of hydrogen-bond acceptors (Lipinski definition) is 4. The van der Waals surface area contributed by atoms with E-state index in [0.717, 1.165) is 6.54 Å². The first kappa shape index (κ1) is 17.6. The Morgan fingerprint density at radius 2 is 2.17 bits per heavy atom. The Morgan fingerprint density at radius 1 is 1.39 bits per heavy atom. The number of nitrogens with one attached hydrogen (secondary N) is 2. The van der Waals surface area contributed by atoms with Gasteiger partial charge in [0.2, 0.25) is 5.91 Å². The SMILES string of the molecule is O=C(C[C@H]1CNCCO1)NCCc1ccccc1OC(F)(F)F. The lowest BCUT2D eigenvalue weighted by Gasteiger charge is -2.23. The summed E-state index contributed by atoms with van der Waals surface area (Å²) < 4.78 is 46.4. The van der Waals surface area contributed by atoms with Gasteiger partial charge in [0.15, 0.2) is 0 Å². The number of alkyl halides is 3. The molecule has 1 heterocycles. The quantitative estimate of drug-likeness (QED) is 0.831. The lowest BCUT2D eigenvalue weighted by molar-refractivity contribution is -0.274. The molecule has 1 aromatic carbocycles. The first-order chi connectivity index (χ1) is 10.9.